The monoisotopic (exact) mass is 254 g/mol. The summed E-state index contributed by atoms with van der Waals surface area (Å²) in [5, 5.41) is 0. The summed E-state index contributed by atoms with van der Waals surface area (Å²) >= 11 is 0. The van der Waals surface area contributed by atoms with Crippen LogP contribution in [0.5, 0.6) is 0 Å². The van der Waals surface area contributed by atoms with Crippen molar-refractivity contribution in [3.63, 3.8) is 0 Å². The number of ether oxygens (including phenoxy) is 4. The maximum absolute atomic E-state index is 5.36. The van der Waals surface area contributed by atoms with Crippen LogP contribution in [0.2, 0.25) is 0 Å². The van der Waals surface area contributed by atoms with E-state index in [2.05, 4.69) is 0 Å². The first-order chi connectivity index (χ1) is 7.50. The number of hydrogen-bond acceptors (Lipinski definition) is 6. The second-order valence-electron chi connectivity index (χ2n) is 2.80. The molecular formula is C9H18O4S2. The molecule has 90 valence electrons. The van der Waals surface area contributed by atoms with Crippen LogP contribution in [0.4, 0.5) is 0 Å². The van der Waals surface area contributed by atoms with E-state index in [9.17, 15) is 0 Å². The minimum atomic E-state index is 0.330. The van der Waals surface area contributed by atoms with Crippen molar-refractivity contribution in [3.8, 4) is 0 Å². The van der Waals surface area contributed by atoms with Gasteiger partial charge in [-0.05, 0) is 0 Å². The maximum Gasteiger partial charge on any atom is 0.146 e. The van der Waals surface area contributed by atoms with E-state index in [4.69, 9.17) is 18.9 Å². The zero-order valence-corrected chi connectivity index (χ0v) is 10.4. The zero-order chi connectivity index (χ0) is 10.6. The smallest absolute Gasteiger partial charge is 0.146 e. The Morgan fingerprint density at radius 2 is 1.00 bits per heavy atom. The summed E-state index contributed by atoms with van der Waals surface area (Å²) in [6, 6.07) is 0. The zero-order valence-electron chi connectivity index (χ0n) is 8.81. The maximum atomic E-state index is 5.36. The van der Waals surface area contributed by atoms with Crippen LogP contribution >= 0.6 is 21.6 Å². The van der Waals surface area contributed by atoms with Crippen LogP contribution in [-0.2, 0) is 18.9 Å². The van der Waals surface area contributed by atoms with Gasteiger partial charge in [-0.15, -0.1) is 0 Å². The standard InChI is InChI=1S/C9H18O4S2/c1-3-12-9-13-4-2-11-6-8-15-14-7-5-10-1/h1-9H2. The lowest BCUT2D eigenvalue weighted by molar-refractivity contribution is -0.0798. The van der Waals surface area contributed by atoms with Crippen LogP contribution in [0.3, 0.4) is 0 Å². The van der Waals surface area contributed by atoms with Crippen LogP contribution < -0.4 is 0 Å². The van der Waals surface area contributed by atoms with Gasteiger partial charge in [-0.2, -0.15) is 0 Å². The van der Waals surface area contributed by atoms with E-state index in [-0.39, 0.29) is 0 Å². The molecule has 0 atom stereocenters. The van der Waals surface area contributed by atoms with Crippen LogP contribution in [0.25, 0.3) is 0 Å². The van der Waals surface area contributed by atoms with E-state index >= 15 is 0 Å². The van der Waals surface area contributed by atoms with E-state index in [0.29, 0.717) is 33.2 Å². The Kier molecular flexibility index (Phi) is 10.0. The molecule has 1 heterocycles. The average molecular weight is 254 g/mol. The second-order valence-corrected chi connectivity index (χ2v) is 5.51. The largest absolute Gasteiger partial charge is 0.378 e. The summed E-state index contributed by atoms with van der Waals surface area (Å²) in [6.07, 6.45) is 0. The van der Waals surface area contributed by atoms with Gasteiger partial charge in [-0.3, -0.25) is 0 Å². The molecule has 1 aliphatic rings. The Morgan fingerprint density at radius 3 is 1.53 bits per heavy atom. The molecule has 4 nitrogen and oxygen atoms in total. The van der Waals surface area contributed by atoms with E-state index in [1.807, 2.05) is 21.6 Å². The molecule has 0 aliphatic carbocycles. The van der Waals surface area contributed by atoms with Crippen LogP contribution in [-0.4, -0.2) is 57.9 Å². The predicted octanol–water partition coefficient (Wildman–Crippen LogP) is 1.41. The lowest BCUT2D eigenvalue weighted by Crippen LogP contribution is -2.11. The molecule has 1 saturated heterocycles. The van der Waals surface area contributed by atoms with Gasteiger partial charge in [-0.25, -0.2) is 0 Å². The summed E-state index contributed by atoms with van der Waals surface area (Å²) < 4.78 is 21.1. The molecule has 0 N–H and O–H groups in total. The van der Waals surface area contributed by atoms with Crippen molar-refractivity contribution in [1.29, 1.82) is 0 Å². The second kappa shape index (κ2) is 11.0. The van der Waals surface area contributed by atoms with Gasteiger partial charge in [0.05, 0.1) is 39.6 Å². The van der Waals surface area contributed by atoms with Crippen molar-refractivity contribution in [2.75, 3.05) is 57.9 Å². The number of rotatable bonds is 0. The SMILES string of the molecule is C1COCOCCOCCSSCCO1. The quantitative estimate of drug-likeness (QED) is 0.608. The van der Waals surface area contributed by atoms with Gasteiger partial charge in [0.2, 0.25) is 0 Å². The predicted molar refractivity (Wildman–Crippen MR) is 63.3 cm³/mol. The van der Waals surface area contributed by atoms with Gasteiger partial charge in [0, 0.05) is 11.5 Å². The molecule has 0 unspecified atom stereocenters. The van der Waals surface area contributed by atoms with Crippen molar-refractivity contribution in [2.24, 2.45) is 0 Å². The molecule has 0 spiro atoms. The molecule has 0 amide bonds. The highest BCUT2D eigenvalue weighted by molar-refractivity contribution is 8.76. The molecule has 0 aromatic rings. The normalized spacial score (nSPS) is 24.0. The van der Waals surface area contributed by atoms with E-state index in [1.165, 1.54) is 0 Å². The third kappa shape index (κ3) is 9.47. The van der Waals surface area contributed by atoms with Crippen LogP contribution in [0.15, 0.2) is 0 Å². The fourth-order valence-corrected chi connectivity index (χ4v) is 2.64. The van der Waals surface area contributed by atoms with Gasteiger partial charge >= 0.3 is 0 Å². The molecule has 0 saturated carbocycles. The molecule has 1 aliphatic heterocycles. The van der Waals surface area contributed by atoms with Gasteiger partial charge in [-0.1, -0.05) is 21.6 Å². The molecule has 0 bridgehead atoms. The van der Waals surface area contributed by atoms with Gasteiger partial charge in [0.25, 0.3) is 0 Å². The fraction of sp³-hybridized carbons (Fsp3) is 1.00. The van der Waals surface area contributed by atoms with Crippen molar-refractivity contribution >= 4 is 21.6 Å². The average Bonchev–Trinajstić information content (AvgIpc) is 2.27. The summed E-state index contributed by atoms with van der Waals surface area (Å²) in [6.45, 7) is 4.37. The molecule has 6 heteroatoms. The molecule has 0 aromatic heterocycles. The Morgan fingerprint density at radius 1 is 0.533 bits per heavy atom. The topological polar surface area (TPSA) is 36.9 Å². The first-order valence-electron chi connectivity index (χ1n) is 5.05. The first kappa shape index (κ1) is 13.6. The van der Waals surface area contributed by atoms with Crippen molar-refractivity contribution in [3.05, 3.63) is 0 Å². The molecule has 0 aromatic carbocycles. The summed E-state index contributed by atoms with van der Waals surface area (Å²) in [7, 11) is 3.65. The van der Waals surface area contributed by atoms with Crippen molar-refractivity contribution in [2.45, 2.75) is 0 Å². The Hall–Kier alpha value is 0.540. The minimum absolute atomic E-state index is 0.330. The van der Waals surface area contributed by atoms with E-state index in [0.717, 1.165) is 24.7 Å². The molecular weight excluding hydrogens is 236 g/mol. The first-order valence-corrected chi connectivity index (χ1v) is 7.54. The van der Waals surface area contributed by atoms with Gasteiger partial charge in [0.15, 0.2) is 0 Å². The van der Waals surface area contributed by atoms with Gasteiger partial charge < -0.3 is 18.9 Å². The fourth-order valence-electron chi connectivity index (χ4n) is 0.920. The van der Waals surface area contributed by atoms with E-state index in [1.54, 1.807) is 0 Å². The molecule has 0 radical (unpaired) electrons. The summed E-state index contributed by atoms with van der Waals surface area (Å²) in [4.78, 5) is 0. The van der Waals surface area contributed by atoms with Gasteiger partial charge in [0.1, 0.15) is 6.79 Å². The molecule has 15 heavy (non-hydrogen) atoms. The Labute approximate surface area is 98.8 Å². The highest BCUT2D eigenvalue weighted by atomic mass is 33.1. The molecule has 1 fully saturated rings. The van der Waals surface area contributed by atoms with Crippen molar-refractivity contribution < 1.29 is 18.9 Å². The van der Waals surface area contributed by atoms with Crippen LogP contribution in [0.1, 0.15) is 0 Å². The van der Waals surface area contributed by atoms with Crippen molar-refractivity contribution in [1.82, 2.24) is 0 Å². The number of hydrogen-bond donors (Lipinski definition) is 0. The van der Waals surface area contributed by atoms with E-state index < -0.39 is 0 Å². The highest BCUT2D eigenvalue weighted by Crippen LogP contribution is 2.20. The summed E-state index contributed by atoms with van der Waals surface area (Å²) in [5.41, 5.74) is 0. The Balaban J connectivity index is 2.01. The summed E-state index contributed by atoms with van der Waals surface area (Å²) in [5.74, 6) is 2.03. The minimum Gasteiger partial charge on any atom is -0.378 e. The lowest BCUT2D eigenvalue weighted by atomic mass is 10.7. The van der Waals surface area contributed by atoms with Crippen LogP contribution in [0, 0.1) is 0 Å². The third-order valence-corrected chi connectivity index (χ3v) is 3.95. The Bertz CT molecular complexity index is 78.7. The highest BCUT2D eigenvalue weighted by Gasteiger charge is 1.95. The lowest BCUT2D eigenvalue weighted by Gasteiger charge is -2.05. The molecule has 1 rings (SSSR count). The third-order valence-electron chi connectivity index (χ3n) is 1.62.